The zero-order valence-electron chi connectivity index (χ0n) is 21.5. The van der Waals surface area contributed by atoms with E-state index in [9.17, 15) is 14.7 Å². The van der Waals surface area contributed by atoms with Gasteiger partial charge in [0.2, 0.25) is 0 Å². The molecule has 6 nitrogen and oxygen atoms in total. The Labute approximate surface area is 225 Å². The maximum Gasteiger partial charge on any atom is 0.331 e. The number of nitrogens with one attached hydrogen (secondary N) is 2. The summed E-state index contributed by atoms with van der Waals surface area (Å²) in [6.45, 7) is 3.62. The van der Waals surface area contributed by atoms with Gasteiger partial charge in [-0.2, -0.15) is 0 Å². The van der Waals surface area contributed by atoms with E-state index in [-0.39, 0.29) is 25.1 Å². The minimum atomic E-state index is -1.06. The van der Waals surface area contributed by atoms with Crippen molar-refractivity contribution in [1.82, 2.24) is 10.6 Å². The van der Waals surface area contributed by atoms with Crippen LogP contribution >= 0.6 is 12.4 Å². The van der Waals surface area contributed by atoms with E-state index in [2.05, 4.69) is 60.0 Å². The Morgan fingerprint density at radius 2 is 1.76 bits per heavy atom. The van der Waals surface area contributed by atoms with Crippen LogP contribution in [0.25, 0.3) is 10.8 Å². The highest BCUT2D eigenvalue weighted by molar-refractivity contribution is 5.96. The molecule has 1 saturated carbocycles. The van der Waals surface area contributed by atoms with Gasteiger partial charge < -0.3 is 20.5 Å². The molecule has 0 radical (unpaired) electrons. The molecule has 1 fully saturated rings. The van der Waals surface area contributed by atoms with E-state index in [4.69, 9.17) is 4.74 Å². The standard InChI is InChI=1S/C30H36N2O4.ClH/c1-3-36-30(35)28(19-33)32-29(34)23-16-14-21(15-17-23)24-10-6-11-25(18-24)31-20(2)26-13-7-9-22-8-4-5-12-27(22)26;/h4-5,7-9,12-17,20,24-25,28,31,33H,3,6,10-11,18-19H2,1-2H3,(H,32,34);1H/t20-,24+,25+,28+;/m1./s1. The van der Waals surface area contributed by atoms with Crippen LogP contribution in [0.4, 0.5) is 0 Å². The zero-order valence-corrected chi connectivity index (χ0v) is 22.3. The molecule has 0 bridgehead atoms. The highest BCUT2D eigenvalue weighted by atomic mass is 35.5. The first-order chi connectivity index (χ1) is 17.5. The van der Waals surface area contributed by atoms with Crippen molar-refractivity contribution in [3.63, 3.8) is 0 Å². The number of aliphatic hydroxyl groups is 1. The molecule has 1 aliphatic rings. The Morgan fingerprint density at radius 3 is 2.49 bits per heavy atom. The SMILES string of the molecule is CCOC(=O)[C@H](CO)NC(=O)c1ccc([C@H]2CCC[C@H](N[C@H](C)c3cccc4ccccc34)C2)cc1.Cl. The molecule has 1 amide bonds. The maximum absolute atomic E-state index is 12.6. The quantitative estimate of drug-likeness (QED) is 0.331. The molecule has 0 aliphatic heterocycles. The summed E-state index contributed by atoms with van der Waals surface area (Å²) >= 11 is 0. The smallest absolute Gasteiger partial charge is 0.331 e. The third-order valence-corrected chi connectivity index (χ3v) is 7.15. The maximum atomic E-state index is 12.6. The number of hydrogen-bond acceptors (Lipinski definition) is 5. The third-order valence-electron chi connectivity index (χ3n) is 7.15. The van der Waals surface area contributed by atoms with Gasteiger partial charge in [-0.3, -0.25) is 4.79 Å². The topological polar surface area (TPSA) is 87.7 Å². The van der Waals surface area contributed by atoms with Crippen LogP contribution in [0.15, 0.2) is 66.7 Å². The largest absolute Gasteiger partial charge is 0.464 e. The number of fused-ring (bicyclic) bond motifs is 1. The molecule has 3 aromatic carbocycles. The fraction of sp³-hybridized carbons (Fsp3) is 0.400. The van der Waals surface area contributed by atoms with Crippen LogP contribution in [-0.2, 0) is 9.53 Å². The van der Waals surface area contributed by atoms with Crippen LogP contribution in [0.1, 0.15) is 73.0 Å². The van der Waals surface area contributed by atoms with Crippen LogP contribution < -0.4 is 10.6 Å². The molecule has 0 aromatic heterocycles. The van der Waals surface area contributed by atoms with Crippen molar-refractivity contribution in [2.75, 3.05) is 13.2 Å². The van der Waals surface area contributed by atoms with Crippen molar-refractivity contribution in [1.29, 1.82) is 0 Å². The summed E-state index contributed by atoms with van der Waals surface area (Å²) in [5.41, 5.74) is 3.01. The fourth-order valence-corrected chi connectivity index (χ4v) is 5.29. The fourth-order valence-electron chi connectivity index (χ4n) is 5.29. The second kappa shape index (κ2) is 13.6. The molecule has 198 valence electrons. The summed E-state index contributed by atoms with van der Waals surface area (Å²) in [6.07, 6.45) is 4.49. The first-order valence-corrected chi connectivity index (χ1v) is 12.9. The Balaban J connectivity index is 0.00000380. The van der Waals surface area contributed by atoms with E-state index in [1.54, 1.807) is 19.1 Å². The van der Waals surface area contributed by atoms with Gasteiger partial charge in [0.25, 0.3) is 5.91 Å². The van der Waals surface area contributed by atoms with Crippen LogP contribution in [-0.4, -0.2) is 42.3 Å². The molecule has 0 heterocycles. The van der Waals surface area contributed by atoms with E-state index in [0.29, 0.717) is 17.5 Å². The number of amides is 1. The Kier molecular flexibility index (Phi) is 10.5. The van der Waals surface area contributed by atoms with Crippen molar-refractivity contribution in [2.45, 2.75) is 63.6 Å². The summed E-state index contributed by atoms with van der Waals surface area (Å²) in [4.78, 5) is 24.4. The van der Waals surface area contributed by atoms with Crippen molar-refractivity contribution >= 4 is 35.1 Å². The zero-order chi connectivity index (χ0) is 25.5. The number of ether oxygens (including phenoxy) is 1. The van der Waals surface area contributed by atoms with E-state index < -0.39 is 24.5 Å². The highest BCUT2D eigenvalue weighted by Gasteiger charge is 2.26. The summed E-state index contributed by atoms with van der Waals surface area (Å²) in [5.74, 6) is -0.609. The first-order valence-electron chi connectivity index (χ1n) is 12.9. The molecule has 0 saturated heterocycles. The molecule has 3 N–H and O–H groups in total. The average molecular weight is 525 g/mol. The summed E-state index contributed by atoms with van der Waals surface area (Å²) < 4.78 is 4.90. The lowest BCUT2D eigenvalue weighted by atomic mass is 9.80. The molecule has 3 aromatic rings. The van der Waals surface area contributed by atoms with E-state index >= 15 is 0 Å². The molecule has 4 atom stereocenters. The number of benzene rings is 3. The van der Waals surface area contributed by atoms with Crippen molar-refractivity contribution in [2.24, 2.45) is 0 Å². The molecule has 1 aliphatic carbocycles. The lowest BCUT2D eigenvalue weighted by molar-refractivity contribution is -0.146. The van der Waals surface area contributed by atoms with E-state index in [1.165, 1.54) is 21.9 Å². The number of carbonyl (C=O) groups excluding carboxylic acids is 2. The Hall–Kier alpha value is -2.93. The van der Waals surface area contributed by atoms with Gasteiger partial charge >= 0.3 is 5.97 Å². The van der Waals surface area contributed by atoms with E-state index in [1.807, 2.05) is 12.1 Å². The third kappa shape index (κ3) is 7.10. The van der Waals surface area contributed by atoms with Gasteiger partial charge in [0.05, 0.1) is 13.2 Å². The monoisotopic (exact) mass is 524 g/mol. The molecule has 0 unspecified atom stereocenters. The highest BCUT2D eigenvalue weighted by Crippen LogP contribution is 2.34. The number of esters is 1. The molecule has 0 spiro atoms. The molecule has 7 heteroatoms. The number of aliphatic hydroxyl groups excluding tert-OH is 1. The normalized spacial score (nSPS) is 18.9. The predicted molar refractivity (Wildman–Crippen MR) is 149 cm³/mol. The van der Waals surface area contributed by atoms with E-state index in [0.717, 1.165) is 25.7 Å². The van der Waals surface area contributed by atoms with Gasteiger partial charge in [0, 0.05) is 17.6 Å². The van der Waals surface area contributed by atoms with Crippen LogP contribution in [0, 0.1) is 0 Å². The van der Waals surface area contributed by atoms with Gasteiger partial charge in [-0.05, 0) is 73.1 Å². The molecule has 4 rings (SSSR count). The average Bonchev–Trinajstić information content (AvgIpc) is 2.91. The summed E-state index contributed by atoms with van der Waals surface area (Å²) in [7, 11) is 0. The Morgan fingerprint density at radius 1 is 1.03 bits per heavy atom. The lowest BCUT2D eigenvalue weighted by Gasteiger charge is -2.32. The number of hydrogen-bond donors (Lipinski definition) is 3. The van der Waals surface area contributed by atoms with Crippen molar-refractivity contribution in [3.8, 4) is 0 Å². The Bertz CT molecular complexity index is 1180. The van der Waals surface area contributed by atoms with Crippen LogP contribution in [0.3, 0.4) is 0 Å². The second-order valence-corrected chi connectivity index (χ2v) is 9.60. The second-order valence-electron chi connectivity index (χ2n) is 9.60. The predicted octanol–water partition coefficient (Wildman–Crippen LogP) is 5.29. The molecular weight excluding hydrogens is 488 g/mol. The van der Waals surface area contributed by atoms with Crippen molar-refractivity contribution < 1.29 is 19.4 Å². The van der Waals surface area contributed by atoms with Gasteiger partial charge in [-0.15, -0.1) is 12.4 Å². The van der Waals surface area contributed by atoms with Crippen molar-refractivity contribution in [3.05, 3.63) is 83.4 Å². The van der Waals surface area contributed by atoms with Gasteiger partial charge in [0.15, 0.2) is 6.04 Å². The first kappa shape index (κ1) is 28.6. The minimum absolute atomic E-state index is 0. The lowest BCUT2D eigenvalue weighted by Crippen LogP contribution is -2.44. The van der Waals surface area contributed by atoms with Crippen LogP contribution in [0.5, 0.6) is 0 Å². The summed E-state index contributed by atoms with van der Waals surface area (Å²) in [6, 6.07) is 22.3. The van der Waals surface area contributed by atoms with Gasteiger partial charge in [-0.25, -0.2) is 4.79 Å². The van der Waals surface area contributed by atoms with Gasteiger partial charge in [0.1, 0.15) is 0 Å². The molecular formula is C30H37ClN2O4. The molecule has 37 heavy (non-hydrogen) atoms. The van der Waals surface area contributed by atoms with Gasteiger partial charge in [-0.1, -0.05) is 61.0 Å². The van der Waals surface area contributed by atoms with Crippen LogP contribution in [0.2, 0.25) is 0 Å². The number of carbonyl (C=O) groups is 2. The minimum Gasteiger partial charge on any atom is -0.464 e. The summed E-state index contributed by atoms with van der Waals surface area (Å²) in [5, 5.41) is 18.4. The number of rotatable bonds is 9. The number of halogens is 1.